The molecular weight excluding hydrogens is 230 g/mol. The van der Waals surface area contributed by atoms with Crippen LogP contribution in [0, 0.1) is 0 Å². The monoisotopic (exact) mass is 243 g/mol. The van der Waals surface area contributed by atoms with E-state index >= 15 is 0 Å². The van der Waals surface area contributed by atoms with Crippen LogP contribution < -0.4 is 10.1 Å². The highest BCUT2D eigenvalue weighted by Crippen LogP contribution is 2.35. The summed E-state index contributed by atoms with van der Waals surface area (Å²) in [5.74, 6) is 0.894. The zero-order valence-electron chi connectivity index (χ0n) is 9.72. The van der Waals surface area contributed by atoms with Gasteiger partial charge in [0, 0.05) is 11.8 Å². The largest absolute Gasteiger partial charge is 0.487 e. The molecule has 0 radical (unpaired) electrons. The summed E-state index contributed by atoms with van der Waals surface area (Å²) in [5, 5.41) is 13.2. The molecule has 4 nitrogen and oxygen atoms in total. The maximum absolute atomic E-state index is 10.5. The molecule has 0 fully saturated rings. The minimum absolute atomic E-state index is 0.109. The van der Waals surface area contributed by atoms with E-state index < -0.39 is 6.09 Å². The number of nitrogens with one attached hydrogen (secondary N) is 1. The molecule has 18 heavy (non-hydrogen) atoms. The molecular formula is C14H13NO3. The summed E-state index contributed by atoms with van der Waals surface area (Å²) in [6.45, 7) is 0.318. The summed E-state index contributed by atoms with van der Waals surface area (Å²) >= 11 is 0. The van der Waals surface area contributed by atoms with Crippen molar-refractivity contribution in [2.24, 2.45) is 0 Å². The van der Waals surface area contributed by atoms with Crippen LogP contribution in [0.4, 0.5) is 4.79 Å². The van der Waals surface area contributed by atoms with Gasteiger partial charge in [-0.2, -0.15) is 0 Å². The van der Waals surface area contributed by atoms with E-state index in [9.17, 15) is 4.79 Å². The average Bonchev–Trinajstić information content (AvgIpc) is 2.79. The van der Waals surface area contributed by atoms with Crippen LogP contribution >= 0.6 is 0 Å². The fourth-order valence-corrected chi connectivity index (χ4v) is 2.36. The van der Waals surface area contributed by atoms with E-state index in [2.05, 4.69) is 17.4 Å². The molecule has 0 aromatic heterocycles. The molecule has 0 bridgehead atoms. The third kappa shape index (κ3) is 1.86. The number of hydrogen-bond acceptors (Lipinski definition) is 2. The Kier molecular flexibility index (Phi) is 2.55. The topological polar surface area (TPSA) is 58.6 Å². The van der Waals surface area contributed by atoms with Gasteiger partial charge in [0.25, 0.3) is 0 Å². The molecule has 1 aliphatic heterocycles. The quantitative estimate of drug-likeness (QED) is 0.851. The van der Waals surface area contributed by atoms with Crippen molar-refractivity contribution < 1.29 is 14.6 Å². The molecule has 2 N–H and O–H groups in total. The van der Waals surface area contributed by atoms with Gasteiger partial charge >= 0.3 is 6.09 Å². The Hall–Kier alpha value is -2.23. The first kappa shape index (κ1) is 10.9. The lowest BCUT2D eigenvalue weighted by atomic mass is 10.0. The van der Waals surface area contributed by atoms with Gasteiger partial charge in [0.2, 0.25) is 0 Å². The summed E-state index contributed by atoms with van der Waals surface area (Å²) in [4.78, 5) is 10.5. The van der Waals surface area contributed by atoms with Gasteiger partial charge in [-0.1, -0.05) is 36.4 Å². The first-order valence-corrected chi connectivity index (χ1v) is 5.88. The highest BCUT2D eigenvalue weighted by atomic mass is 16.5. The fraction of sp³-hybridized carbons (Fsp3) is 0.214. The number of carboxylic acid groups (broad SMARTS) is 1. The highest BCUT2D eigenvalue weighted by Gasteiger charge is 2.24. The second-order valence-corrected chi connectivity index (χ2v) is 4.40. The standard InChI is InChI=1S/C14H13NO3/c16-14(17)15-8-11-7-10-6-5-9-3-1-2-4-12(9)13(10)18-11/h1-6,11,15H,7-8H2,(H,16,17). The molecule has 2 aromatic carbocycles. The normalized spacial score (nSPS) is 17.2. The maximum Gasteiger partial charge on any atom is 0.404 e. The summed E-state index contributed by atoms with van der Waals surface area (Å²) in [7, 11) is 0. The number of amides is 1. The van der Waals surface area contributed by atoms with E-state index in [-0.39, 0.29) is 6.10 Å². The van der Waals surface area contributed by atoms with Gasteiger partial charge in [0.1, 0.15) is 11.9 Å². The second-order valence-electron chi connectivity index (χ2n) is 4.40. The van der Waals surface area contributed by atoms with Crippen LogP contribution in [0.3, 0.4) is 0 Å². The smallest absolute Gasteiger partial charge is 0.404 e. The van der Waals surface area contributed by atoms with Gasteiger partial charge in [0.15, 0.2) is 0 Å². The summed E-state index contributed by atoms with van der Waals surface area (Å²) in [6, 6.07) is 12.2. The van der Waals surface area contributed by atoms with Crippen LogP contribution in [0.15, 0.2) is 36.4 Å². The molecule has 2 aromatic rings. The molecule has 0 saturated heterocycles. The van der Waals surface area contributed by atoms with Crippen LogP contribution in [0.5, 0.6) is 5.75 Å². The van der Waals surface area contributed by atoms with Crippen molar-refractivity contribution in [2.45, 2.75) is 12.5 Å². The van der Waals surface area contributed by atoms with Gasteiger partial charge in [-0.25, -0.2) is 4.79 Å². The van der Waals surface area contributed by atoms with Crippen LogP contribution in [0.1, 0.15) is 5.56 Å². The molecule has 4 heteroatoms. The Morgan fingerprint density at radius 1 is 1.33 bits per heavy atom. The maximum atomic E-state index is 10.5. The number of carbonyl (C=O) groups is 1. The molecule has 0 aliphatic carbocycles. The molecule has 92 valence electrons. The van der Waals surface area contributed by atoms with Crippen LogP contribution in [-0.2, 0) is 6.42 Å². The van der Waals surface area contributed by atoms with Gasteiger partial charge < -0.3 is 15.2 Å². The third-order valence-electron chi connectivity index (χ3n) is 3.17. The van der Waals surface area contributed by atoms with Gasteiger partial charge in [-0.15, -0.1) is 0 Å². The third-order valence-corrected chi connectivity index (χ3v) is 3.17. The number of rotatable bonds is 2. The number of benzene rings is 2. The first-order chi connectivity index (χ1) is 8.74. The van der Waals surface area contributed by atoms with Gasteiger partial charge in [-0.3, -0.25) is 0 Å². The van der Waals surface area contributed by atoms with Crippen LogP contribution in [0.25, 0.3) is 10.8 Å². The van der Waals surface area contributed by atoms with Crippen molar-refractivity contribution in [3.05, 3.63) is 42.0 Å². The van der Waals surface area contributed by atoms with Crippen molar-refractivity contribution in [3.63, 3.8) is 0 Å². The van der Waals surface area contributed by atoms with E-state index in [4.69, 9.17) is 9.84 Å². The zero-order chi connectivity index (χ0) is 12.5. The predicted octanol–water partition coefficient (Wildman–Crippen LogP) is 2.41. The first-order valence-electron chi connectivity index (χ1n) is 5.88. The number of hydrogen-bond donors (Lipinski definition) is 2. The average molecular weight is 243 g/mol. The molecule has 1 atom stereocenters. The molecule has 1 heterocycles. The summed E-state index contributed by atoms with van der Waals surface area (Å²) < 4.78 is 5.84. The molecule has 1 aliphatic rings. The Bertz CT molecular complexity index is 609. The van der Waals surface area contributed by atoms with Crippen molar-refractivity contribution in [3.8, 4) is 5.75 Å². The number of fused-ring (bicyclic) bond motifs is 3. The number of ether oxygens (including phenoxy) is 1. The van der Waals surface area contributed by atoms with Gasteiger partial charge in [-0.05, 0) is 10.9 Å². The lowest BCUT2D eigenvalue weighted by Gasteiger charge is -2.10. The summed E-state index contributed by atoms with van der Waals surface area (Å²) in [6.07, 6.45) is -0.373. The lowest BCUT2D eigenvalue weighted by molar-refractivity contribution is 0.181. The molecule has 1 amide bonds. The zero-order valence-corrected chi connectivity index (χ0v) is 9.72. The lowest BCUT2D eigenvalue weighted by Crippen LogP contribution is -2.33. The molecule has 0 saturated carbocycles. The Balaban J connectivity index is 1.88. The van der Waals surface area contributed by atoms with Crippen LogP contribution in [-0.4, -0.2) is 23.8 Å². The predicted molar refractivity (Wildman–Crippen MR) is 68.1 cm³/mol. The molecule has 1 unspecified atom stereocenters. The van der Waals surface area contributed by atoms with E-state index in [0.29, 0.717) is 6.54 Å². The minimum atomic E-state index is -1.01. The van der Waals surface area contributed by atoms with Crippen molar-refractivity contribution >= 4 is 16.9 Å². The van der Waals surface area contributed by atoms with Crippen LogP contribution in [0.2, 0.25) is 0 Å². The molecule has 3 rings (SSSR count). The minimum Gasteiger partial charge on any atom is -0.487 e. The highest BCUT2D eigenvalue weighted by molar-refractivity contribution is 5.90. The van der Waals surface area contributed by atoms with Crippen molar-refractivity contribution in [2.75, 3.05) is 6.54 Å². The Morgan fingerprint density at radius 3 is 3.00 bits per heavy atom. The Labute approximate surface area is 104 Å². The SMILES string of the molecule is O=C(O)NCC1Cc2ccc3ccccc3c2O1. The van der Waals surface area contributed by atoms with E-state index in [1.807, 2.05) is 24.3 Å². The Morgan fingerprint density at radius 2 is 2.17 bits per heavy atom. The molecule has 0 spiro atoms. The van der Waals surface area contributed by atoms with E-state index in [0.717, 1.165) is 28.5 Å². The van der Waals surface area contributed by atoms with Crippen molar-refractivity contribution in [1.82, 2.24) is 5.32 Å². The fourth-order valence-electron chi connectivity index (χ4n) is 2.36. The van der Waals surface area contributed by atoms with Gasteiger partial charge in [0.05, 0.1) is 6.54 Å². The van der Waals surface area contributed by atoms with E-state index in [1.165, 1.54) is 0 Å². The van der Waals surface area contributed by atoms with E-state index in [1.54, 1.807) is 0 Å². The van der Waals surface area contributed by atoms with Crippen molar-refractivity contribution in [1.29, 1.82) is 0 Å². The summed E-state index contributed by atoms with van der Waals surface area (Å²) in [5.41, 5.74) is 1.14. The second kappa shape index (κ2) is 4.22.